The normalized spacial score (nSPS) is 19.6. The van der Waals surface area contributed by atoms with Crippen LogP contribution in [0.5, 0.6) is 11.5 Å². The van der Waals surface area contributed by atoms with E-state index in [2.05, 4.69) is 0 Å². The molecule has 0 radical (unpaired) electrons. The van der Waals surface area contributed by atoms with E-state index >= 15 is 0 Å². The summed E-state index contributed by atoms with van der Waals surface area (Å²) < 4.78 is 10.5. The lowest BCUT2D eigenvalue weighted by Crippen LogP contribution is -2.35. The van der Waals surface area contributed by atoms with Crippen LogP contribution in [0.25, 0.3) is 0 Å². The number of amides is 1. The van der Waals surface area contributed by atoms with Crippen LogP contribution in [0.3, 0.4) is 0 Å². The Morgan fingerprint density at radius 3 is 2.56 bits per heavy atom. The van der Waals surface area contributed by atoms with Crippen molar-refractivity contribution in [3.63, 3.8) is 0 Å². The Balaban J connectivity index is 2.42. The van der Waals surface area contributed by atoms with E-state index < -0.39 is 27.9 Å². The second-order valence-corrected chi connectivity index (χ2v) is 6.05. The third-order valence-electron chi connectivity index (χ3n) is 4.29. The van der Waals surface area contributed by atoms with Gasteiger partial charge < -0.3 is 19.5 Å². The lowest BCUT2D eigenvalue weighted by molar-refractivity contribution is -0.385. The van der Waals surface area contributed by atoms with E-state index in [0.29, 0.717) is 0 Å². The van der Waals surface area contributed by atoms with Crippen LogP contribution in [0.4, 0.5) is 5.69 Å². The van der Waals surface area contributed by atoms with E-state index in [9.17, 15) is 24.8 Å². The number of benzene rings is 1. The van der Waals surface area contributed by atoms with Gasteiger partial charge in [0.1, 0.15) is 5.56 Å². The molecule has 0 saturated carbocycles. The summed E-state index contributed by atoms with van der Waals surface area (Å²) in [5.41, 5.74) is -1.61. The lowest BCUT2D eigenvalue weighted by atomic mass is 9.90. The molecule has 1 amide bonds. The molecule has 1 aliphatic rings. The van der Waals surface area contributed by atoms with Crippen LogP contribution in [0.2, 0.25) is 0 Å². The van der Waals surface area contributed by atoms with Crippen LogP contribution in [-0.2, 0) is 4.79 Å². The fourth-order valence-electron chi connectivity index (χ4n) is 2.78. The van der Waals surface area contributed by atoms with Crippen LogP contribution in [-0.4, -0.2) is 53.6 Å². The van der Waals surface area contributed by atoms with Gasteiger partial charge in [-0.05, 0) is 20.3 Å². The van der Waals surface area contributed by atoms with Crippen LogP contribution >= 0.6 is 0 Å². The molecule has 0 bridgehead atoms. The van der Waals surface area contributed by atoms with Gasteiger partial charge in [-0.2, -0.15) is 0 Å². The second-order valence-electron chi connectivity index (χ2n) is 6.05. The Labute approximate surface area is 144 Å². The van der Waals surface area contributed by atoms with Crippen molar-refractivity contribution in [2.75, 3.05) is 26.8 Å². The van der Waals surface area contributed by atoms with E-state index in [-0.39, 0.29) is 43.2 Å². The Morgan fingerprint density at radius 1 is 1.40 bits per heavy atom. The number of carboxylic acid groups (broad SMARTS) is 1. The molecule has 0 spiro atoms. The van der Waals surface area contributed by atoms with Crippen LogP contribution in [0, 0.1) is 15.5 Å². The number of nitrogens with zero attached hydrogens (tertiary/aromatic N) is 2. The summed E-state index contributed by atoms with van der Waals surface area (Å²) in [5, 5.41) is 20.7. The molecule has 1 saturated heterocycles. The van der Waals surface area contributed by atoms with Crippen molar-refractivity contribution in [1.82, 2.24) is 4.90 Å². The monoisotopic (exact) mass is 352 g/mol. The van der Waals surface area contributed by atoms with Gasteiger partial charge >= 0.3 is 5.97 Å². The van der Waals surface area contributed by atoms with Crippen molar-refractivity contribution in [1.29, 1.82) is 0 Å². The number of nitro benzene ring substituents is 1. The predicted octanol–water partition coefficient (Wildman–Crippen LogP) is 1.94. The molecule has 1 aromatic rings. The summed E-state index contributed by atoms with van der Waals surface area (Å²) in [6.07, 6.45) is 0.288. The molecule has 1 N–H and O–H groups in total. The van der Waals surface area contributed by atoms with E-state index in [0.717, 1.165) is 6.07 Å². The number of likely N-dealkylation sites (tertiary alicyclic amines) is 1. The fraction of sp³-hybridized carbons (Fsp3) is 0.500. The number of hydrogen-bond donors (Lipinski definition) is 1. The molecule has 0 aliphatic carbocycles. The van der Waals surface area contributed by atoms with Crippen molar-refractivity contribution in [2.24, 2.45) is 5.41 Å². The predicted molar refractivity (Wildman–Crippen MR) is 87.1 cm³/mol. The highest BCUT2D eigenvalue weighted by Crippen LogP contribution is 2.37. The fourth-order valence-corrected chi connectivity index (χ4v) is 2.78. The number of carbonyl (C=O) groups excluding carboxylic acids is 1. The molecule has 1 atom stereocenters. The topological polar surface area (TPSA) is 119 Å². The minimum atomic E-state index is -1.06. The average molecular weight is 352 g/mol. The molecule has 1 fully saturated rings. The summed E-state index contributed by atoms with van der Waals surface area (Å²) in [6.45, 7) is 3.77. The van der Waals surface area contributed by atoms with Gasteiger partial charge in [0.2, 0.25) is 0 Å². The van der Waals surface area contributed by atoms with Gasteiger partial charge in [0.15, 0.2) is 11.5 Å². The summed E-state index contributed by atoms with van der Waals surface area (Å²) >= 11 is 0. The zero-order chi connectivity index (χ0) is 18.8. The molecular formula is C16H20N2O7. The zero-order valence-corrected chi connectivity index (χ0v) is 14.3. The Morgan fingerprint density at radius 2 is 2.08 bits per heavy atom. The molecule has 1 aliphatic heterocycles. The first-order chi connectivity index (χ1) is 11.7. The van der Waals surface area contributed by atoms with Gasteiger partial charge in [0, 0.05) is 19.2 Å². The molecule has 2 rings (SSSR count). The van der Waals surface area contributed by atoms with E-state index in [4.69, 9.17) is 9.47 Å². The van der Waals surface area contributed by atoms with E-state index in [1.54, 1.807) is 13.8 Å². The summed E-state index contributed by atoms with van der Waals surface area (Å²) in [4.78, 5) is 36.1. The minimum absolute atomic E-state index is 0.00610. The molecule has 9 nitrogen and oxygen atoms in total. The van der Waals surface area contributed by atoms with Crippen LogP contribution in [0.15, 0.2) is 12.1 Å². The van der Waals surface area contributed by atoms with Crippen molar-refractivity contribution in [3.8, 4) is 11.5 Å². The van der Waals surface area contributed by atoms with Crippen LogP contribution in [0.1, 0.15) is 30.6 Å². The number of carbonyl (C=O) groups is 2. The number of methoxy groups -OCH3 is 1. The standard InChI is InChI=1S/C16H20N2O7/c1-4-25-13-8-11(18(22)23)10(7-12(13)24-3)14(19)17-6-5-16(2,9-17)15(20)21/h7-8H,4-6,9H2,1-3H3,(H,20,21). The maximum atomic E-state index is 12.8. The number of hydrogen-bond acceptors (Lipinski definition) is 6. The highest BCUT2D eigenvalue weighted by Gasteiger charge is 2.43. The third-order valence-corrected chi connectivity index (χ3v) is 4.29. The highest BCUT2D eigenvalue weighted by molar-refractivity contribution is 5.99. The van der Waals surface area contributed by atoms with Gasteiger partial charge in [0.05, 0.1) is 30.1 Å². The number of rotatable bonds is 6. The molecule has 1 aromatic carbocycles. The largest absolute Gasteiger partial charge is 0.493 e. The Kier molecular flexibility index (Phi) is 5.15. The van der Waals surface area contributed by atoms with E-state index in [1.165, 1.54) is 18.1 Å². The molecule has 9 heteroatoms. The van der Waals surface area contributed by atoms with Crippen molar-refractivity contribution in [2.45, 2.75) is 20.3 Å². The second kappa shape index (κ2) is 6.96. The highest BCUT2D eigenvalue weighted by atomic mass is 16.6. The quantitative estimate of drug-likeness (QED) is 0.613. The number of carboxylic acids is 1. The number of aliphatic carboxylic acids is 1. The molecule has 0 aromatic heterocycles. The maximum absolute atomic E-state index is 12.8. The zero-order valence-electron chi connectivity index (χ0n) is 14.3. The van der Waals surface area contributed by atoms with Crippen LogP contribution < -0.4 is 9.47 Å². The summed E-state index contributed by atoms with van der Waals surface area (Å²) in [7, 11) is 1.37. The molecule has 1 heterocycles. The first-order valence-electron chi connectivity index (χ1n) is 7.75. The van der Waals surface area contributed by atoms with Gasteiger partial charge in [0.25, 0.3) is 11.6 Å². The Bertz CT molecular complexity index is 719. The summed E-state index contributed by atoms with van der Waals surface area (Å²) in [5.74, 6) is -1.22. The average Bonchev–Trinajstić information content (AvgIpc) is 2.98. The first kappa shape index (κ1) is 18.5. The Hall–Kier alpha value is -2.84. The van der Waals surface area contributed by atoms with Gasteiger partial charge in [-0.25, -0.2) is 0 Å². The van der Waals surface area contributed by atoms with E-state index in [1.807, 2.05) is 0 Å². The maximum Gasteiger partial charge on any atom is 0.311 e. The van der Waals surface area contributed by atoms with Gasteiger partial charge in [-0.1, -0.05) is 0 Å². The third kappa shape index (κ3) is 3.49. The lowest BCUT2D eigenvalue weighted by Gasteiger charge is -2.20. The van der Waals surface area contributed by atoms with Crippen molar-refractivity contribution >= 4 is 17.6 Å². The number of ether oxygens (including phenoxy) is 2. The smallest absolute Gasteiger partial charge is 0.311 e. The van der Waals surface area contributed by atoms with Crippen molar-refractivity contribution < 1.29 is 29.1 Å². The minimum Gasteiger partial charge on any atom is -0.493 e. The summed E-state index contributed by atoms with van der Waals surface area (Å²) in [6, 6.07) is 2.42. The van der Waals surface area contributed by atoms with Gasteiger partial charge in [-0.3, -0.25) is 19.7 Å². The SMILES string of the molecule is CCOc1cc([N+](=O)[O-])c(C(=O)N2CCC(C)(C(=O)O)C2)cc1OC. The molecular weight excluding hydrogens is 332 g/mol. The van der Waals surface area contributed by atoms with Crippen molar-refractivity contribution in [3.05, 3.63) is 27.8 Å². The molecule has 136 valence electrons. The van der Waals surface area contributed by atoms with Gasteiger partial charge in [-0.15, -0.1) is 0 Å². The molecule has 25 heavy (non-hydrogen) atoms. The molecule has 1 unspecified atom stereocenters. The number of nitro groups is 1. The first-order valence-corrected chi connectivity index (χ1v) is 7.75.